The van der Waals surface area contributed by atoms with Crippen LogP contribution in [0, 0.1) is 6.92 Å². The first-order valence-electron chi connectivity index (χ1n) is 9.99. The topological polar surface area (TPSA) is 33.7 Å². The summed E-state index contributed by atoms with van der Waals surface area (Å²) in [7, 11) is 0. The predicted molar refractivity (Wildman–Crippen MR) is 123 cm³/mol. The summed E-state index contributed by atoms with van der Waals surface area (Å²) < 4.78 is 2.41. The van der Waals surface area contributed by atoms with E-state index in [0.29, 0.717) is 6.67 Å². The Labute approximate surface area is 168 Å². The zero-order chi connectivity index (χ0) is 19.5. The summed E-state index contributed by atoms with van der Waals surface area (Å²) in [6, 6.07) is 30.1. The van der Waals surface area contributed by atoms with E-state index in [1.54, 1.807) is 0 Å². The molecule has 3 heteroatoms. The van der Waals surface area contributed by atoms with E-state index in [0.717, 1.165) is 5.69 Å². The second kappa shape index (κ2) is 5.97. The first-order chi connectivity index (χ1) is 14.3. The highest BCUT2D eigenvalue weighted by atomic mass is 15.2. The molecule has 29 heavy (non-hydrogen) atoms. The van der Waals surface area contributed by atoms with Crippen molar-refractivity contribution in [3.05, 3.63) is 90.5 Å². The van der Waals surface area contributed by atoms with E-state index in [4.69, 9.17) is 5.73 Å². The molecule has 2 aromatic heterocycles. The fourth-order valence-electron chi connectivity index (χ4n) is 4.92. The van der Waals surface area contributed by atoms with Gasteiger partial charge in [-0.1, -0.05) is 54.6 Å². The van der Waals surface area contributed by atoms with Gasteiger partial charge in [0, 0.05) is 27.2 Å². The van der Waals surface area contributed by atoms with Crippen molar-refractivity contribution in [2.75, 3.05) is 11.6 Å². The number of hydrogen-bond acceptors (Lipinski definition) is 2. The van der Waals surface area contributed by atoms with Crippen LogP contribution >= 0.6 is 0 Å². The third-order valence-corrected chi connectivity index (χ3v) is 6.06. The number of para-hydroxylation sites is 3. The van der Waals surface area contributed by atoms with Crippen LogP contribution in [0.2, 0.25) is 0 Å². The Morgan fingerprint density at radius 3 is 2.10 bits per heavy atom. The lowest BCUT2D eigenvalue weighted by Crippen LogP contribution is -2.25. The van der Waals surface area contributed by atoms with Gasteiger partial charge in [-0.3, -0.25) is 0 Å². The van der Waals surface area contributed by atoms with Crippen molar-refractivity contribution in [3.63, 3.8) is 0 Å². The zero-order valence-corrected chi connectivity index (χ0v) is 16.3. The molecule has 0 aliphatic carbocycles. The van der Waals surface area contributed by atoms with Gasteiger partial charge in [0.1, 0.15) is 0 Å². The molecule has 0 saturated carbocycles. The van der Waals surface area contributed by atoms with Crippen LogP contribution in [0.25, 0.3) is 38.1 Å². The van der Waals surface area contributed by atoms with Crippen LogP contribution in [0.3, 0.4) is 0 Å². The Kier molecular flexibility index (Phi) is 3.37. The summed E-state index contributed by atoms with van der Waals surface area (Å²) in [6.07, 6.45) is 0. The van der Waals surface area contributed by atoms with Crippen molar-refractivity contribution >= 4 is 49.5 Å². The number of benzene rings is 4. The molecule has 0 saturated heterocycles. The van der Waals surface area contributed by atoms with Crippen LogP contribution in [0.15, 0.2) is 84.9 Å². The third-order valence-electron chi connectivity index (χ3n) is 6.06. The molecule has 0 bridgehead atoms. The van der Waals surface area contributed by atoms with E-state index in [1.807, 2.05) is 6.07 Å². The molecule has 3 nitrogen and oxygen atoms in total. The molecule has 0 amide bonds. The second-order valence-corrected chi connectivity index (χ2v) is 7.63. The minimum atomic E-state index is 0.422. The van der Waals surface area contributed by atoms with Gasteiger partial charge in [0.25, 0.3) is 0 Å². The molecule has 2 heterocycles. The number of nitrogens with zero attached hydrogens (tertiary/aromatic N) is 2. The average molecular weight is 375 g/mol. The SMILES string of the molecule is Cc1cc2c3ccccc3n3c4ccccc4c(c1N(CN)c1ccccc1)c23. The summed E-state index contributed by atoms with van der Waals surface area (Å²) in [6.45, 7) is 2.62. The molecule has 2 N–H and O–H groups in total. The lowest BCUT2D eigenvalue weighted by molar-refractivity contribution is 0.982. The van der Waals surface area contributed by atoms with Gasteiger partial charge in [-0.15, -0.1) is 0 Å². The summed E-state index contributed by atoms with van der Waals surface area (Å²) in [5.74, 6) is 0. The highest BCUT2D eigenvalue weighted by Gasteiger charge is 2.23. The first kappa shape index (κ1) is 16.4. The number of anilines is 2. The Hall–Kier alpha value is -3.56. The van der Waals surface area contributed by atoms with Gasteiger partial charge in [-0.25, -0.2) is 0 Å². The van der Waals surface area contributed by atoms with Gasteiger partial charge in [-0.2, -0.15) is 0 Å². The van der Waals surface area contributed by atoms with Crippen LogP contribution in [0.5, 0.6) is 0 Å². The summed E-state index contributed by atoms with van der Waals surface area (Å²) >= 11 is 0. The Morgan fingerprint density at radius 2 is 1.38 bits per heavy atom. The lowest BCUT2D eigenvalue weighted by atomic mass is 10.0. The van der Waals surface area contributed by atoms with Crippen molar-refractivity contribution in [2.24, 2.45) is 5.73 Å². The second-order valence-electron chi connectivity index (χ2n) is 7.63. The molecular weight excluding hydrogens is 354 g/mol. The predicted octanol–water partition coefficient (Wildman–Crippen LogP) is 6.20. The monoisotopic (exact) mass is 375 g/mol. The van der Waals surface area contributed by atoms with Gasteiger partial charge in [0.2, 0.25) is 0 Å². The number of aromatic nitrogens is 1. The van der Waals surface area contributed by atoms with Crippen molar-refractivity contribution in [2.45, 2.75) is 6.92 Å². The van der Waals surface area contributed by atoms with Crippen LogP contribution < -0.4 is 10.6 Å². The third kappa shape index (κ3) is 2.11. The minimum absolute atomic E-state index is 0.422. The van der Waals surface area contributed by atoms with Gasteiger partial charge >= 0.3 is 0 Å². The number of hydrogen-bond donors (Lipinski definition) is 1. The molecule has 0 aliphatic rings. The summed E-state index contributed by atoms with van der Waals surface area (Å²) in [4.78, 5) is 2.23. The first-order valence-corrected chi connectivity index (χ1v) is 9.99. The molecule has 6 rings (SSSR count). The number of fused-ring (bicyclic) bond motifs is 6. The van der Waals surface area contributed by atoms with Crippen LogP contribution in [0.1, 0.15) is 5.56 Å². The van der Waals surface area contributed by atoms with Gasteiger partial charge in [0.05, 0.1) is 28.9 Å². The van der Waals surface area contributed by atoms with Gasteiger partial charge in [-0.05, 0) is 42.8 Å². The van der Waals surface area contributed by atoms with E-state index >= 15 is 0 Å². The lowest BCUT2D eigenvalue weighted by Gasteiger charge is -2.26. The highest BCUT2D eigenvalue weighted by Crippen LogP contribution is 2.46. The molecule has 6 aromatic rings. The fraction of sp³-hybridized carbons (Fsp3) is 0.0769. The van der Waals surface area contributed by atoms with Crippen molar-refractivity contribution < 1.29 is 0 Å². The molecule has 0 unspecified atom stereocenters. The maximum Gasteiger partial charge on any atom is 0.0706 e. The molecule has 0 aliphatic heterocycles. The number of rotatable bonds is 3. The molecule has 0 fully saturated rings. The maximum absolute atomic E-state index is 6.30. The summed E-state index contributed by atoms with van der Waals surface area (Å²) in [5, 5.41) is 5.15. The fourth-order valence-corrected chi connectivity index (χ4v) is 4.92. The van der Waals surface area contributed by atoms with Crippen molar-refractivity contribution in [1.82, 2.24) is 4.40 Å². The Morgan fingerprint density at radius 1 is 0.759 bits per heavy atom. The number of nitrogens with two attached hydrogens (primary N) is 1. The van der Waals surface area contributed by atoms with Crippen LogP contribution in [-0.2, 0) is 0 Å². The molecule has 0 atom stereocenters. The average Bonchev–Trinajstić information content (AvgIpc) is 3.27. The molecule has 0 spiro atoms. The van der Waals surface area contributed by atoms with Gasteiger partial charge in [0.15, 0.2) is 0 Å². The van der Waals surface area contributed by atoms with E-state index in [1.165, 1.54) is 49.3 Å². The summed E-state index contributed by atoms with van der Waals surface area (Å²) in [5.41, 5.74) is 13.6. The molecular formula is C26H21N3. The Bertz CT molecular complexity index is 1490. The number of aryl methyl sites for hydroxylation is 1. The van der Waals surface area contributed by atoms with Crippen molar-refractivity contribution in [3.8, 4) is 0 Å². The minimum Gasteiger partial charge on any atom is -0.327 e. The van der Waals surface area contributed by atoms with Crippen LogP contribution in [-0.4, -0.2) is 11.1 Å². The standard InChI is InChI=1S/C26H21N3/c1-17-15-21-19-11-5-7-13-22(19)29-23-14-8-6-12-20(23)24(26(21)29)25(17)28(16-27)18-9-3-2-4-10-18/h2-15H,16,27H2,1H3. The molecule has 4 aromatic carbocycles. The highest BCUT2D eigenvalue weighted by molar-refractivity contribution is 6.27. The molecule has 140 valence electrons. The van der Waals surface area contributed by atoms with E-state index in [-0.39, 0.29) is 0 Å². The Balaban J connectivity index is 1.86. The van der Waals surface area contributed by atoms with Crippen LogP contribution in [0.4, 0.5) is 11.4 Å². The zero-order valence-electron chi connectivity index (χ0n) is 16.3. The van der Waals surface area contributed by atoms with Gasteiger partial charge < -0.3 is 15.0 Å². The maximum atomic E-state index is 6.30. The largest absolute Gasteiger partial charge is 0.327 e. The quantitative estimate of drug-likeness (QED) is 0.374. The van der Waals surface area contributed by atoms with E-state index in [2.05, 4.69) is 95.1 Å². The van der Waals surface area contributed by atoms with E-state index in [9.17, 15) is 0 Å². The molecule has 0 radical (unpaired) electrons. The smallest absolute Gasteiger partial charge is 0.0706 e. The normalized spacial score (nSPS) is 11.9. The van der Waals surface area contributed by atoms with E-state index < -0.39 is 0 Å². The van der Waals surface area contributed by atoms with Crippen molar-refractivity contribution in [1.29, 1.82) is 0 Å².